The van der Waals surface area contributed by atoms with Crippen molar-refractivity contribution < 1.29 is 47.7 Å². The van der Waals surface area contributed by atoms with Crippen molar-refractivity contribution in [2.75, 3.05) is 33.0 Å². The van der Waals surface area contributed by atoms with Crippen LogP contribution in [0.2, 0.25) is 0 Å². The van der Waals surface area contributed by atoms with Crippen LogP contribution >= 0.6 is 0 Å². The first kappa shape index (κ1) is 44.4. The number of esters is 5. The van der Waals surface area contributed by atoms with Crippen LogP contribution in [0.1, 0.15) is 163 Å². The van der Waals surface area contributed by atoms with Crippen LogP contribution in [0.4, 0.5) is 0 Å². The summed E-state index contributed by atoms with van der Waals surface area (Å²) >= 11 is 0. The first-order valence-corrected chi connectivity index (χ1v) is 18.5. The van der Waals surface area contributed by atoms with Crippen molar-refractivity contribution in [3.8, 4) is 0 Å². The second kappa shape index (κ2) is 31.9. The van der Waals surface area contributed by atoms with E-state index in [0.717, 1.165) is 70.6 Å². The summed E-state index contributed by atoms with van der Waals surface area (Å²) in [4.78, 5) is 59.2. The Labute approximate surface area is 284 Å². The summed E-state index contributed by atoms with van der Waals surface area (Å²) in [5.74, 6) is -0.606. The Morgan fingerprint density at radius 3 is 1.19 bits per heavy atom. The van der Waals surface area contributed by atoms with E-state index in [1.54, 1.807) is 0 Å². The van der Waals surface area contributed by atoms with Gasteiger partial charge < -0.3 is 23.7 Å². The van der Waals surface area contributed by atoms with E-state index < -0.39 is 0 Å². The molecule has 0 spiro atoms. The fourth-order valence-electron chi connectivity index (χ4n) is 4.63. The summed E-state index contributed by atoms with van der Waals surface area (Å²) in [6.45, 7) is 10.1. The normalized spacial score (nSPS) is 12.2. The fraction of sp³-hybridized carbons (Fsp3) is 0.865. The molecule has 274 valence electrons. The second-order valence-electron chi connectivity index (χ2n) is 12.5. The maximum absolute atomic E-state index is 11.9. The van der Waals surface area contributed by atoms with Crippen molar-refractivity contribution >= 4 is 29.8 Å². The molecule has 0 fully saturated rings. The summed E-state index contributed by atoms with van der Waals surface area (Å²) in [6, 6.07) is 0. The lowest BCUT2D eigenvalue weighted by Crippen LogP contribution is -2.14. The molecular weight excluding hydrogens is 604 g/mol. The lowest BCUT2D eigenvalue weighted by molar-refractivity contribution is -0.148. The number of ether oxygens (including phenoxy) is 5. The average Bonchev–Trinajstić information content (AvgIpc) is 3.06. The largest absolute Gasteiger partial charge is 0.466 e. The van der Waals surface area contributed by atoms with Gasteiger partial charge in [0.25, 0.3) is 0 Å². The van der Waals surface area contributed by atoms with Crippen molar-refractivity contribution in [1.82, 2.24) is 0 Å². The number of hydrogen-bond acceptors (Lipinski definition) is 10. The summed E-state index contributed by atoms with van der Waals surface area (Å²) in [7, 11) is 0. The number of hydrogen-bond donors (Lipinski definition) is 0. The van der Waals surface area contributed by atoms with Gasteiger partial charge in [-0.15, -0.1) is 0 Å². The average molecular weight is 671 g/mol. The Morgan fingerprint density at radius 1 is 0.447 bits per heavy atom. The number of unbranched alkanes of at least 4 members (excludes halogenated alkanes) is 9. The third-order valence-electron chi connectivity index (χ3n) is 8.17. The summed E-state index contributed by atoms with van der Waals surface area (Å²) in [5.41, 5.74) is 0. The maximum atomic E-state index is 11.9. The fourth-order valence-corrected chi connectivity index (χ4v) is 4.63. The van der Waals surface area contributed by atoms with Crippen molar-refractivity contribution in [2.45, 2.75) is 163 Å². The zero-order chi connectivity index (χ0) is 35.0. The van der Waals surface area contributed by atoms with E-state index in [1.165, 1.54) is 6.42 Å². The molecule has 0 aliphatic heterocycles. The van der Waals surface area contributed by atoms with E-state index >= 15 is 0 Å². The lowest BCUT2D eigenvalue weighted by Gasteiger charge is -2.14. The van der Waals surface area contributed by atoms with Gasteiger partial charge in [0.2, 0.25) is 0 Å². The molecule has 0 rings (SSSR count). The van der Waals surface area contributed by atoms with Crippen molar-refractivity contribution in [3.05, 3.63) is 0 Å². The Hall–Kier alpha value is -2.65. The topological polar surface area (TPSA) is 132 Å². The highest BCUT2D eigenvalue weighted by Crippen LogP contribution is 2.14. The summed E-state index contributed by atoms with van der Waals surface area (Å²) in [6.07, 6.45) is 15.5. The highest BCUT2D eigenvalue weighted by atomic mass is 16.5. The van der Waals surface area contributed by atoms with Gasteiger partial charge in [0.1, 0.15) is 0 Å². The molecule has 2 unspecified atom stereocenters. The standard InChI is InChI=1S/C37H66O10/c1-5-8-21-32(7-3)30-47-36(41)25-16-11-19-28-45-34(39)23-14-9-17-26-43-33(38)22-13-10-18-27-44-35(40)24-15-12-20-29-46-37(42)31(4)6-2/h31-32H,5-30H2,1-4H3. The molecule has 0 aliphatic rings. The van der Waals surface area contributed by atoms with Crippen LogP contribution in [0.15, 0.2) is 0 Å². The zero-order valence-corrected chi connectivity index (χ0v) is 30.1. The smallest absolute Gasteiger partial charge is 0.308 e. The molecule has 0 amide bonds. The van der Waals surface area contributed by atoms with Gasteiger partial charge in [-0.25, -0.2) is 0 Å². The monoisotopic (exact) mass is 670 g/mol. The van der Waals surface area contributed by atoms with E-state index in [0.29, 0.717) is 96.7 Å². The van der Waals surface area contributed by atoms with Crippen LogP contribution in [0.25, 0.3) is 0 Å². The van der Waals surface area contributed by atoms with Crippen LogP contribution in [0, 0.1) is 11.8 Å². The van der Waals surface area contributed by atoms with Crippen molar-refractivity contribution in [2.24, 2.45) is 11.8 Å². The van der Waals surface area contributed by atoms with Gasteiger partial charge in [-0.1, -0.05) is 47.0 Å². The van der Waals surface area contributed by atoms with Crippen LogP contribution in [-0.2, 0) is 47.7 Å². The molecule has 10 heteroatoms. The van der Waals surface area contributed by atoms with Gasteiger partial charge in [0, 0.05) is 25.7 Å². The van der Waals surface area contributed by atoms with Gasteiger partial charge in [0.05, 0.1) is 39.0 Å². The first-order chi connectivity index (χ1) is 22.7. The molecule has 10 nitrogen and oxygen atoms in total. The highest BCUT2D eigenvalue weighted by Gasteiger charge is 2.12. The molecule has 0 aromatic carbocycles. The van der Waals surface area contributed by atoms with Gasteiger partial charge in [-0.2, -0.15) is 0 Å². The minimum absolute atomic E-state index is 0.0742. The lowest BCUT2D eigenvalue weighted by atomic mass is 10.0. The Kier molecular flexibility index (Phi) is 30.1. The Bertz CT molecular complexity index is 828. The van der Waals surface area contributed by atoms with E-state index in [9.17, 15) is 24.0 Å². The maximum Gasteiger partial charge on any atom is 0.308 e. The molecular formula is C37H66O10. The van der Waals surface area contributed by atoms with Gasteiger partial charge in [-0.05, 0) is 95.8 Å². The number of rotatable bonds is 32. The van der Waals surface area contributed by atoms with Gasteiger partial charge in [-0.3, -0.25) is 24.0 Å². The van der Waals surface area contributed by atoms with E-state index in [-0.39, 0.29) is 35.8 Å². The zero-order valence-electron chi connectivity index (χ0n) is 30.1. The molecule has 0 saturated carbocycles. The molecule has 2 atom stereocenters. The van der Waals surface area contributed by atoms with E-state index in [1.807, 2.05) is 13.8 Å². The molecule has 0 bridgehead atoms. The quantitative estimate of drug-likeness (QED) is 0.0392. The second-order valence-corrected chi connectivity index (χ2v) is 12.5. The van der Waals surface area contributed by atoms with Crippen molar-refractivity contribution in [1.29, 1.82) is 0 Å². The minimum Gasteiger partial charge on any atom is -0.466 e. The molecule has 0 aliphatic carbocycles. The van der Waals surface area contributed by atoms with E-state index in [2.05, 4.69) is 13.8 Å². The number of carbonyl (C=O) groups is 5. The molecule has 0 radical (unpaired) electrons. The summed E-state index contributed by atoms with van der Waals surface area (Å²) in [5, 5.41) is 0. The predicted molar refractivity (Wildman–Crippen MR) is 181 cm³/mol. The SMILES string of the molecule is CCCCC(CC)COC(=O)CCCCCOC(=O)CCCCCOC(=O)CCCCCOC(=O)CCCCCOC(=O)C(C)CC. The third kappa shape index (κ3) is 29.2. The Morgan fingerprint density at radius 2 is 0.830 bits per heavy atom. The van der Waals surface area contributed by atoms with Crippen LogP contribution < -0.4 is 0 Å². The van der Waals surface area contributed by atoms with Crippen LogP contribution in [-0.4, -0.2) is 62.9 Å². The molecule has 0 aromatic rings. The van der Waals surface area contributed by atoms with Gasteiger partial charge >= 0.3 is 29.8 Å². The molecule has 0 aromatic heterocycles. The molecule has 0 saturated heterocycles. The molecule has 0 N–H and O–H groups in total. The molecule has 0 heterocycles. The van der Waals surface area contributed by atoms with Crippen molar-refractivity contribution in [3.63, 3.8) is 0 Å². The molecule has 47 heavy (non-hydrogen) atoms. The predicted octanol–water partition coefficient (Wildman–Crippen LogP) is 8.21. The van der Waals surface area contributed by atoms with Crippen LogP contribution in [0.5, 0.6) is 0 Å². The minimum atomic E-state index is -0.235. The third-order valence-corrected chi connectivity index (χ3v) is 8.17. The first-order valence-electron chi connectivity index (χ1n) is 18.5. The van der Waals surface area contributed by atoms with E-state index in [4.69, 9.17) is 23.7 Å². The highest BCUT2D eigenvalue weighted by molar-refractivity contribution is 5.72. The summed E-state index contributed by atoms with van der Waals surface area (Å²) < 4.78 is 26.4. The number of carbonyl (C=O) groups excluding carboxylic acids is 5. The Balaban J connectivity index is 3.51. The van der Waals surface area contributed by atoms with Gasteiger partial charge in [0.15, 0.2) is 0 Å². The van der Waals surface area contributed by atoms with Crippen LogP contribution in [0.3, 0.4) is 0 Å².